The minimum atomic E-state index is 0.186. The summed E-state index contributed by atoms with van der Waals surface area (Å²) in [6.45, 7) is 9.75. The van der Waals surface area contributed by atoms with Gasteiger partial charge in [-0.3, -0.25) is 4.90 Å². The first-order chi connectivity index (χ1) is 14.6. The minimum Gasteiger partial charge on any atom is -0.497 e. The van der Waals surface area contributed by atoms with Gasteiger partial charge in [-0.15, -0.1) is 0 Å². The van der Waals surface area contributed by atoms with Crippen molar-refractivity contribution >= 4 is 16.9 Å². The van der Waals surface area contributed by atoms with Crippen LogP contribution in [0.25, 0.3) is 11.2 Å². The summed E-state index contributed by atoms with van der Waals surface area (Å²) in [6, 6.07) is 10.3. The first-order valence-electron chi connectivity index (χ1n) is 10.3. The van der Waals surface area contributed by atoms with E-state index >= 15 is 0 Å². The zero-order valence-electron chi connectivity index (χ0n) is 17.7. The van der Waals surface area contributed by atoms with Gasteiger partial charge in [0.15, 0.2) is 5.65 Å². The summed E-state index contributed by atoms with van der Waals surface area (Å²) >= 11 is 0. The predicted molar refractivity (Wildman–Crippen MR) is 115 cm³/mol. The molecule has 0 spiro atoms. The van der Waals surface area contributed by atoms with Crippen LogP contribution in [0.3, 0.4) is 0 Å². The molecule has 1 fully saturated rings. The molecule has 0 radical (unpaired) electrons. The van der Waals surface area contributed by atoms with Crippen LogP contribution < -0.4 is 9.64 Å². The molecule has 1 aliphatic heterocycles. The fourth-order valence-electron chi connectivity index (χ4n) is 3.87. The molecule has 4 rings (SSSR count). The van der Waals surface area contributed by atoms with Crippen LogP contribution in [0.4, 0.5) is 5.69 Å². The van der Waals surface area contributed by atoms with Gasteiger partial charge in [0.1, 0.15) is 23.2 Å². The van der Waals surface area contributed by atoms with Crippen LogP contribution in [0.1, 0.15) is 25.5 Å². The van der Waals surface area contributed by atoms with Gasteiger partial charge in [0, 0.05) is 44.5 Å². The summed E-state index contributed by atoms with van der Waals surface area (Å²) < 4.78 is 7.51. The van der Waals surface area contributed by atoms with E-state index in [4.69, 9.17) is 15.0 Å². The van der Waals surface area contributed by atoms with Crippen molar-refractivity contribution in [1.29, 1.82) is 5.26 Å². The second-order valence-electron chi connectivity index (χ2n) is 8.01. The summed E-state index contributed by atoms with van der Waals surface area (Å²) in [7, 11) is 1.70. The predicted octanol–water partition coefficient (Wildman–Crippen LogP) is 2.68. The maximum atomic E-state index is 9.16. The van der Waals surface area contributed by atoms with Crippen LogP contribution in [-0.4, -0.2) is 57.7 Å². The lowest BCUT2D eigenvalue weighted by Gasteiger charge is -2.36. The molecule has 0 amide bonds. The van der Waals surface area contributed by atoms with Gasteiger partial charge >= 0.3 is 0 Å². The molecule has 0 aliphatic carbocycles. The average Bonchev–Trinajstić information content (AvgIpc) is 3.09. The number of aromatic nitrogens is 4. The van der Waals surface area contributed by atoms with Crippen molar-refractivity contribution < 1.29 is 4.74 Å². The van der Waals surface area contributed by atoms with Crippen LogP contribution in [0, 0.1) is 17.2 Å². The van der Waals surface area contributed by atoms with Gasteiger partial charge < -0.3 is 14.2 Å². The first-order valence-corrected chi connectivity index (χ1v) is 10.3. The van der Waals surface area contributed by atoms with Gasteiger partial charge in [-0.05, 0) is 18.1 Å². The van der Waals surface area contributed by atoms with Crippen LogP contribution in [0.2, 0.25) is 0 Å². The fourth-order valence-corrected chi connectivity index (χ4v) is 3.87. The largest absolute Gasteiger partial charge is 0.497 e. The third kappa shape index (κ3) is 4.21. The second kappa shape index (κ2) is 8.67. The summed E-state index contributed by atoms with van der Waals surface area (Å²) in [5.41, 5.74) is 2.69. The molecule has 0 unspecified atom stereocenters. The summed E-state index contributed by atoms with van der Waals surface area (Å²) in [6.07, 6.45) is 1.65. The molecular weight excluding hydrogens is 378 g/mol. The number of hydrogen-bond donors (Lipinski definition) is 0. The number of benzene rings is 1. The fraction of sp³-hybridized carbons (Fsp3) is 0.455. The molecule has 8 heteroatoms. The lowest BCUT2D eigenvalue weighted by molar-refractivity contribution is 0.240. The molecule has 0 atom stereocenters. The number of ether oxygens (including phenoxy) is 1. The molecular formula is C22H27N7O. The van der Waals surface area contributed by atoms with Crippen LogP contribution in [0.15, 0.2) is 30.5 Å². The summed E-state index contributed by atoms with van der Waals surface area (Å²) in [5, 5.41) is 9.16. The molecule has 0 saturated carbocycles. The smallest absolute Gasteiger partial charge is 0.234 e. The van der Waals surface area contributed by atoms with Crippen molar-refractivity contribution in [3.63, 3.8) is 0 Å². The van der Waals surface area contributed by atoms with E-state index in [-0.39, 0.29) is 5.82 Å². The third-order valence-corrected chi connectivity index (χ3v) is 5.37. The molecule has 2 aromatic heterocycles. The molecule has 0 bridgehead atoms. The monoisotopic (exact) mass is 405 g/mol. The molecule has 1 aromatic carbocycles. The van der Waals surface area contributed by atoms with Crippen molar-refractivity contribution in [3.05, 3.63) is 42.1 Å². The Balaban J connectivity index is 1.50. The van der Waals surface area contributed by atoms with E-state index in [1.807, 2.05) is 18.2 Å². The number of anilines is 1. The molecule has 3 aromatic rings. The zero-order valence-corrected chi connectivity index (χ0v) is 17.7. The SMILES string of the molecule is COc1cccc(N2CCN(Cc3nc4cnc(C#N)nc4n3CC(C)C)CC2)c1. The van der Waals surface area contributed by atoms with Gasteiger partial charge in [0.2, 0.25) is 5.82 Å². The van der Waals surface area contributed by atoms with E-state index in [0.717, 1.165) is 62.0 Å². The van der Waals surface area contributed by atoms with E-state index in [1.165, 1.54) is 5.69 Å². The van der Waals surface area contributed by atoms with Crippen molar-refractivity contribution in [2.24, 2.45) is 5.92 Å². The number of methoxy groups -OCH3 is 1. The number of hydrogen-bond acceptors (Lipinski definition) is 7. The highest BCUT2D eigenvalue weighted by molar-refractivity contribution is 5.70. The van der Waals surface area contributed by atoms with E-state index in [0.29, 0.717) is 5.92 Å². The maximum absolute atomic E-state index is 9.16. The average molecular weight is 406 g/mol. The standard InChI is InChI=1S/C22H27N7O/c1-16(2)14-29-21(25-19-13-24-20(12-23)26-22(19)29)15-27-7-9-28(10-8-27)17-5-4-6-18(11-17)30-3/h4-6,11,13,16H,7-10,14-15H2,1-3H3. The quantitative estimate of drug-likeness (QED) is 0.623. The molecule has 8 nitrogen and oxygen atoms in total. The Bertz CT molecular complexity index is 1060. The van der Waals surface area contributed by atoms with E-state index < -0.39 is 0 Å². The Labute approximate surface area is 176 Å². The zero-order chi connectivity index (χ0) is 21.1. The molecule has 3 heterocycles. The highest BCUT2D eigenvalue weighted by Crippen LogP contribution is 2.23. The highest BCUT2D eigenvalue weighted by Gasteiger charge is 2.21. The molecule has 30 heavy (non-hydrogen) atoms. The molecule has 156 valence electrons. The lowest BCUT2D eigenvalue weighted by Crippen LogP contribution is -2.46. The molecule has 1 aliphatic rings. The summed E-state index contributed by atoms with van der Waals surface area (Å²) in [5.74, 6) is 2.51. The minimum absolute atomic E-state index is 0.186. The van der Waals surface area contributed by atoms with Gasteiger partial charge in [-0.1, -0.05) is 19.9 Å². The number of fused-ring (bicyclic) bond motifs is 1. The van der Waals surface area contributed by atoms with Crippen LogP contribution in [0.5, 0.6) is 5.75 Å². The van der Waals surface area contributed by atoms with Gasteiger partial charge in [-0.2, -0.15) is 10.2 Å². The molecule has 1 saturated heterocycles. The second-order valence-corrected chi connectivity index (χ2v) is 8.01. The number of nitrogens with zero attached hydrogens (tertiary/aromatic N) is 7. The number of imidazole rings is 1. The van der Waals surface area contributed by atoms with E-state index in [2.05, 4.69) is 50.3 Å². The number of piperazine rings is 1. The lowest BCUT2D eigenvalue weighted by atomic mass is 10.2. The van der Waals surface area contributed by atoms with E-state index in [1.54, 1.807) is 13.3 Å². The van der Waals surface area contributed by atoms with Gasteiger partial charge in [0.05, 0.1) is 19.9 Å². The van der Waals surface area contributed by atoms with Crippen molar-refractivity contribution in [2.75, 3.05) is 38.2 Å². The van der Waals surface area contributed by atoms with Crippen molar-refractivity contribution in [2.45, 2.75) is 26.9 Å². The maximum Gasteiger partial charge on any atom is 0.234 e. The third-order valence-electron chi connectivity index (χ3n) is 5.37. The summed E-state index contributed by atoms with van der Waals surface area (Å²) in [4.78, 5) is 18.1. The Morgan fingerprint density at radius 3 is 2.67 bits per heavy atom. The Hall–Kier alpha value is -3.18. The number of rotatable bonds is 6. The Morgan fingerprint density at radius 2 is 1.97 bits per heavy atom. The number of nitriles is 1. The first kappa shape index (κ1) is 20.1. The van der Waals surface area contributed by atoms with Crippen LogP contribution >= 0.6 is 0 Å². The Kier molecular flexibility index (Phi) is 5.81. The van der Waals surface area contributed by atoms with Gasteiger partial charge in [-0.25, -0.2) is 9.97 Å². The van der Waals surface area contributed by atoms with Crippen molar-refractivity contribution in [3.8, 4) is 11.8 Å². The van der Waals surface area contributed by atoms with E-state index in [9.17, 15) is 0 Å². The Morgan fingerprint density at radius 1 is 1.17 bits per heavy atom. The van der Waals surface area contributed by atoms with Gasteiger partial charge in [0.25, 0.3) is 0 Å². The molecule has 0 N–H and O–H groups in total. The van der Waals surface area contributed by atoms with Crippen LogP contribution in [-0.2, 0) is 13.1 Å². The normalized spacial score (nSPS) is 15.0. The highest BCUT2D eigenvalue weighted by atomic mass is 16.5. The topological polar surface area (TPSA) is 83.1 Å². The van der Waals surface area contributed by atoms with Crippen molar-refractivity contribution in [1.82, 2.24) is 24.4 Å².